The minimum absolute atomic E-state index is 0.0556. The summed E-state index contributed by atoms with van der Waals surface area (Å²) in [7, 11) is 0. The van der Waals surface area contributed by atoms with Gasteiger partial charge in [-0.15, -0.1) is 11.3 Å². The van der Waals surface area contributed by atoms with Crippen LogP contribution in [0.15, 0.2) is 42.5 Å². The van der Waals surface area contributed by atoms with E-state index in [1.807, 2.05) is 6.07 Å². The molecule has 6 nitrogen and oxygen atoms in total. The SMILES string of the molecule is C/C=C\C(=O)O.CC(=O)Oc1cc2c(s1)CCN(C(C(=O)C1CC1)c1ccccc1F)C2. The number of benzene rings is 1. The van der Waals surface area contributed by atoms with Gasteiger partial charge in [-0.05, 0) is 43.9 Å². The Morgan fingerprint density at radius 3 is 2.56 bits per heavy atom. The van der Waals surface area contributed by atoms with Gasteiger partial charge in [0.05, 0.1) is 6.04 Å². The van der Waals surface area contributed by atoms with Gasteiger partial charge >= 0.3 is 11.9 Å². The molecule has 0 amide bonds. The van der Waals surface area contributed by atoms with Crippen LogP contribution in [-0.4, -0.2) is 34.3 Å². The van der Waals surface area contributed by atoms with Gasteiger partial charge < -0.3 is 9.84 Å². The minimum Gasteiger partial charge on any atom is -0.478 e. The van der Waals surface area contributed by atoms with E-state index in [9.17, 15) is 18.8 Å². The summed E-state index contributed by atoms with van der Waals surface area (Å²) in [6.07, 6.45) is 5.13. The molecule has 8 heteroatoms. The summed E-state index contributed by atoms with van der Waals surface area (Å²) in [6, 6.07) is 7.89. The van der Waals surface area contributed by atoms with Crippen molar-refractivity contribution in [1.82, 2.24) is 4.90 Å². The van der Waals surface area contributed by atoms with Gasteiger partial charge in [0.15, 0.2) is 10.8 Å². The number of Topliss-reactive ketones (excluding diaryl/α,β-unsaturated/α-hetero) is 1. The van der Waals surface area contributed by atoms with Crippen LogP contribution < -0.4 is 4.74 Å². The highest BCUT2D eigenvalue weighted by molar-refractivity contribution is 7.14. The Kier molecular flexibility index (Phi) is 7.93. The number of carbonyl (C=O) groups excluding carboxylic acids is 2. The first kappa shape index (κ1) is 23.8. The predicted molar refractivity (Wildman–Crippen MR) is 119 cm³/mol. The quantitative estimate of drug-likeness (QED) is 0.504. The van der Waals surface area contributed by atoms with Crippen LogP contribution in [0.4, 0.5) is 4.39 Å². The van der Waals surface area contributed by atoms with E-state index in [1.54, 1.807) is 25.1 Å². The number of rotatable bonds is 6. The smallest absolute Gasteiger partial charge is 0.327 e. The van der Waals surface area contributed by atoms with Gasteiger partial charge in [0, 0.05) is 42.4 Å². The lowest BCUT2D eigenvalue weighted by Gasteiger charge is -2.34. The van der Waals surface area contributed by atoms with E-state index in [4.69, 9.17) is 9.84 Å². The number of carbonyl (C=O) groups is 3. The van der Waals surface area contributed by atoms with Crippen molar-refractivity contribution < 1.29 is 28.6 Å². The number of hydrogen-bond donors (Lipinski definition) is 1. The number of fused-ring (bicyclic) bond motifs is 1. The zero-order valence-electron chi connectivity index (χ0n) is 18.0. The van der Waals surface area contributed by atoms with Crippen LogP contribution in [0.3, 0.4) is 0 Å². The number of esters is 1. The molecule has 1 fully saturated rings. The monoisotopic (exact) mass is 459 g/mol. The summed E-state index contributed by atoms with van der Waals surface area (Å²) in [5.74, 6) is -1.39. The lowest BCUT2D eigenvalue weighted by Crippen LogP contribution is -2.38. The first-order chi connectivity index (χ1) is 15.3. The second-order valence-corrected chi connectivity index (χ2v) is 8.87. The highest BCUT2D eigenvalue weighted by Crippen LogP contribution is 2.41. The second-order valence-electron chi connectivity index (χ2n) is 7.77. The molecule has 170 valence electrons. The molecule has 0 saturated heterocycles. The third kappa shape index (κ3) is 6.11. The van der Waals surface area contributed by atoms with Crippen LogP contribution in [0, 0.1) is 11.7 Å². The van der Waals surface area contributed by atoms with Gasteiger partial charge in [-0.1, -0.05) is 24.3 Å². The lowest BCUT2D eigenvalue weighted by molar-refractivity contribution is -0.132. The fourth-order valence-corrected chi connectivity index (χ4v) is 4.75. The maximum atomic E-state index is 14.4. The van der Waals surface area contributed by atoms with Crippen LogP contribution in [0.1, 0.15) is 48.7 Å². The molecule has 4 rings (SSSR count). The molecule has 1 unspecified atom stereocenters. The second kappa shape index (κ2) is 10.7. The van der Waals surface area contributed by atoms with E-state index in [-0.39, 0.29) is 23.5 Å². The molecular formula is C24H26FNO5S. The van der Waals surface area contributed by atoms with Gasteiger partial charge in [0.25, 0.3) is 0 Å². The van der Waals surface area contributed by atoms with Crippen LogP contribution in [-0.2, 0) is 27.3 Å². The van der Waals surface area contributed by atoms with Crippen molar-refractivity contribution in [2.45, 2.75) is 45.7 Å². The van der Waals surface area contributed by atoms with Crippen molar-refractivity contribution in [3.63, 3.8) is 0 Å². The average Bonchev–Trinajstić information content (AvgIpc) is 3.50. The Balaban J connectivity index is 0.000000427. The van der Waals surface area contributed by atoms with E-state index in [0.29, 0.717) is 23.7 Å². The Morgan fingerprint density at radius 1 is 1.28 bits per heavy atom. The summed E-state index contributed by atoms with van der Waals surface area (Å²) in [6.45, 7) is 4.29. The van der Waals surface area contributed by atoms with Crippen LogP contribution in [0.2, 0.25) is 0 Å². The summed E-state index contributed by atoms with van der Waals surface area (Å²) in [5.41, 5.74) is 1.52. The molecule has 1 N–H and O–H groups in total. The normalized spacial score (nSPS) is 16.6. The third-order valence-corrected chi connectivity index (χ3v) is 6.36. The maximum Gasteiger partial charge on any atom is 0.327 e. The largest absolute Gasteiger partial charge is 0.478 e. The Morgan fingerprint density at radius 2 is 2.00 bits per heavy atom. The molecule has 1 aromatic heterocycles. The van der Waals surface area contributed by atoms with Crippen molar-refractivity contribution in [3.8, 4) is 5.06 Å². The van der Waals surface area contributed by atoms with Crippen molar-refractivity contribution >= 4 is 29.1 Å². The molecule has 1 atom stereocenters. The maximum absolute atomic E-state index is 14.4. The summed E-state index contributed by atoms with van der Waals surface area (Å²) in [4.78, 5) is 36.9. The number of aliphatic carboxylic acids is 1. The van der Waals surface area contributed by atoms with E-state index in [1.165, 1.54) is 35.3 Å². The number of nitrogens with zero attached hydrogens (tertiary/aromatic N) is 1. The Hall–Kier alpha value is -2.84. The Bertz CT molecular complexity index is 1030. The highest BCUT2D eigenvalue weighted by atomic mass is 32.1. The molecule has 1 aliphatic heterocycles. The van der Waals surface area contributed by atoms with Crippen molar-refractivity contribution in [1.29, 1.82) is 0 Å². The summed E-state index contributed by atoms with van der Waals surface area (Å²) < 4.78 is 19.6. The molecule has 2 heterocycles. The molecular weight excluding hydrogens is 433 g/mol. The van der Waals surface area contributed by atoms with E-state index >= 15 is 0 Å². The lowest BCUT2D eigenvalue weighted by atomic mass is 9.95. The standard InChI is InChI=1S/C20H20FNO3S.C4H6O2/c1-12(23)25-18-10-14-11-22(9-8-17(14)26-18)19(20(24)13-6-7-13)15-4-2-3-5-16(15)21;1-2-3-4(5)6/h2-5,10,13,19H,6-9,11H2,1H3;2-3H,1H3,(H,5,6)/b;3-2-. The van der Waals surface area contributed by atoms with Crippen LogP contribution in [0.25, 0.3) is 0 Å². The molecule has 1 aromatic carbocycles. The van der Waals surface area contributed by atoms with E-state index in [0.717, 1.165) is 30.9 Å². The molecule has 0 spiro atoms. The molecule has 1 saturated carbocycles. The zero-order valence-corrected chi connectivity index (χ0v) is 18.9. The molecule has 2 aromatic rings. The highest BCUT2D eigenvalue weighted by Gasteiger charge is 2.40. The van der Waals surface area contributed by atoms with Gasteiger partial charge in [-0.2, -0.15) is 0 Å². The van der Waals surface area contributed by atoms with Crippen LogP contribution >= 0.6 is 11.3 Å². The fourth-order valence-electron chi connectivity index (χ4n) is 3.70. The molecule has 0 radical (unpaired) electrons. The molecule has 2 aliphatic rings. The fraction of sp³-hybridized carbons (Fsp3) is 0.375. The van der Waals surface area contributed by atoms with Crippen molar-refractivity contribution in [3.05, 3.63) is 64.3 Å². The Labute approximate surface area is 190 Å². The average molecular weight is 460 g/mol. The number of hydrogen-bond acceptors (Lipinski definition) is 6. The number of carboxylic acid groups (broad SMARTS) is 1. The molecule has 0 bridgehead atoms. The number of allylic oxidation sites excluding steroid dienone is 1. The van der Waals surface area contributed by atoms with Crippen molar-refractivity contribution in [2.24, 2.45) is 5.92 Å². The first-order valence-corrected chi connectivity index (χ1v) is 11.3. The molecule has 1 aliphatic carbocycles. The van der Waals surface area contributed by atoms with Gasteiger partial charge in [-0.25, -0.2) is 9.18 Å². The third-order valence-electron chi connectivity index (χ3n) is 5.24. The number of thiophene rings is 1. The van der Waals surface area contributed by atoms with Crippen molar-refractivity contribution in [2.75, 3.05) is 6.54 Å². The van der Waals surface area contributed by atoms with Gasteiger partial charge in [0.2, 0.25) is 0 Å². The molecule has 32 heavy (non-hydrogen) atoms. The predicted octanol–water partition coefficient (Wildman–Crippen LogP) is 4.54. The topological polar surface area (TPSA) is 83.9 Å². The van der Waals surface area contributed by atoms with E-state index in [2.05, 4.69) is 4.90 Å². The number of ether oxygens (including phenoxy) is 1. The van der Waals surface area contributed by atoms with Gasteiger partial charge in [0.1, 0.15) is 5.82 Å². The minimum atomic E-state index is -0.891. The summed E-state index contributed by atoms with van der Waals surface area (Å²) >= 11 is 1.47. The number of carboxylic acids is 1. The van der Waals surface area contributed by atoms with E-state index < -0.39 is 12.0 Å². The zero-order chi connectivity index (χ0) is 23.3. The number of ketones is 1. The summed E-state index contributed by atoms with van der Waals surface area (Å²) in [5, 5.41) is 8.41. The first-order valence-electron chi connectivity index (χ1n) is 10.5. The number of halogens is 1. The van der Waals surface area contributed by atoms with Gasteiger partial charge in [-0.3, -0.25) is 14.5 Å². The van der Waals surface area contributed by atoms with Crippen LogP contribution in [0.5, 0.6) is 5.06 Å².